The van der Waals surface area contributed by atoms with Gasteiger partial charge < -0.3 is 14.8 Å². The summed E-state index contributed by atoms with van der Waals surface area (Å²) < 4.78 is 12.3. The minimum Gasteiger partial charge on any atom is -0.493 e. The van der Waals surface area contributed by atoms with Crippen LogP contribution in [0.4, 0.5) is 0 Å². The Morgan fingerprint density at radius 2 is 1.86 bits per heavy atom. The van der Waals surface area contributed by atoms with Gasteiger partial charge in [-0.1, -0.05) is 28.1 Å². The number of nitrogens with one attached hydrogen (secondary N) is 1. The Morgan fingerprint density at radius 1 is 1.10 bits per heavy atom. The van der Waals surface area contributed by atoms with Crippen LogP contribution in [-0.4, -0.2) is 14.2 Å². The van der Waals surface area contributed by atoms with E-state index in [-0.39, 0.29) is 6.04 Å². The maximum Gasteiger partial charge on any atom is 0.169 e. The molecule has 2 aromatic rings. The van der Waals surface area contributed by atoms with Crippen molar-refractivity contribution in [3.05, 3.63) is 52.0 Å². The summed E-state index contributed by atoms with van der Waals surface area (Å²) in [5, 5.41) is 3.22. The van der Waals surface area contributed by atoms with Crippen LogP contribution in [0.5, 0.6) is 17.2 Å². The van der Waals surface area contributed by atoms with E-state index in [9.17, 15) is 0 Å². The fraction of sp³-hybridized carbons (Fsp3) is 0.294. The molecule has 0 saturated heterocycles. The highest BCUT2D eigenvalue weighted by molar-refractivity contribution is 9.10. The van der Waals surface area contributed by atoms with Gasteiger partial charge in [-0.05, 0) is 56.3 Å². The first-order valence-corrected chi connectivity index (χ1v) is 7.63. The SMILES string of the molecule is CNC(C)c1ccc(Oc2ccc(C)cc2OC)cc1Br. The third kappa shape index (κ3) is 3.77. The van der Waals surface area contributed by atoms with Crippen LogP contribution in [0.2, 0.25) is 0 Å². The number of hydrogen-bond acceptors (Lipinski definition) is 3. The molecule has 0 heterocycles. The van der Waals surface area contributed by atoms with E-state index in [2.05, 4.69) is 34.2 Å². The van der Waals surface area contributed by atoms with Crippen molar-refractivity contribution in [3.8, 4) is 17.2 Å². The van der Waals surface area contributed by atoms with E-state index >= 15 is 0 Å². The lowest BCUT2D eigenvalue weighted by atomic mass is 10.1. The minimum atomic E-state index is 0.280. The highest BCUT2D eigenvalue weighted by Crippen LogP contribution is 2.34. The van der Waals surface area contributed by atoms with E-state index < -0.39 is 0 Å². The lowest BCUT2D eigenvalue weighted by Gasteiger charge is -2.15. The van der Waals surface area contributed by atoms with E-state index in [1.807, 2.05) is 44.3 Å². The average Bonchev–Trinajstić information content (AvgIpc) is 2.48. The largest absolute Gasteiger partial charge is 0.493 e. The number of benzene rings is 2. The molecule has 4 heteroatoms. The standard InChI is InChI=1S/C17H20BrNO2/c1-11-5-8-16(17(9-11)20-4)21-13-6-7-14(12(2)19-3)15(18)10-13/h5-10,12,19H,1-4H3. The fourth-order valence-corrected chi connectivity index (χ4v) is 2.77. The monoisotopic (exact) mass is 349 g/mol. The molecule has 0 spiro atoms. The first kappa shape index (κ1) is 15.9. The maximum atomic E-state index is 5.93. The summed E-state index contributed by atoms with van der Waals surface area (Å²) in [5.41, 5.74) is 2.33. The van der Waals surface area contributed by atoms with E-state index in [0.29, 0.717) is 5.75 Å². The number of methoxy groups -OCH3 is 1. The van der Waals surface area contributed by atoms with Gasteiger partial charge in [-0.15, -0.1) is 0 Å². The zero-order valence-corrected chi connectivity index (χ0v) is 14.3. The van der Waals surface area contributed by atoms with Gasteiger partial charge in [-0.2, -0.15) is 0 Å². The van der Waals surface area contributed by atoms with Crippen LogP contribution in [0, 0.1) is 6.92 Å². The minimum absolute atomic E-state index is 0.280. The first-order chi connectivity index (χ1) is 10.0. The zero-order valence-electron chi connectivity index (χ0n) is 12.7. The van der Waals surface area contributed by atoms with Crippen molar-refractivity contribution < 1.29 is 9.47 Å². The normalized spacial score (nSPS) is 12.0. The topological polar surface area (TPSA) is 30.5 Å². The quantitative estimate of drug-likeness (QED) is 0.837. The molecular formula is C17H20BrNO2. The van der Waals surface area contributed by atoms with Gasteiger partial charge in [0.25, 0.3) is 0 Å². The summed E-state index contributed by atoms with van der Waals surface area (Å²) in [4.78, 5) is 0. The van der Waals surface area contributed by atoms with Crippen molar-refractivity contribution in [1.29, 1.82) is 0 Å². The van der Waals surface area contributed by atoms with Gasteiger partial charge in [0.1, 0.15) is 5.75 Å². The fourth-order valence-electron chi connectivity index (χ4n) is 2.06. The van der Waals surface area contributed by atoms with Crippen molar-refractivity contribution in [2.45, 2.75) is 19.9 Å². The van der Waals surface area contributed by atoms with E-state index in [1.54, 1.807) is 7.11 Å². The van der Waals surface area contributed by atoms with Crippen molar-refractivity contribution in [2.75, 3.05) is 14.2 Å². The zero-order chi connectivity index (χ0) is 15.4. The van der Waals surface area contributed by atoms with Gasteiger partial charge in [-0.25, -0.2) is 0 Å². The van der Waals surface area contributed by atoms with Crippen molar-refractivity contribution in [3.63, 3.8) is 0 Å². The van der Waals surface area contributed by atoms with Crippen LogP contribution in [-0.2, 0) is 0 Å². The molecule has 0 radical (unpaired) electrons. The molecule has 112 valence electrons. The smallest absolute Gasteiger partial charge is 0.169 e. The van der Waals surface area contributed by atoms with Crippen molar-refractivity contribution in [2.24, 2.45) is 0 Å². The summed E-state index contributed by atoms with van der Waals surface area (Å²) in [5.74, 6) is 2.22. The molecule has 1 unspecified atom stereocenters. The average molecular weight is 350 g/mol. The molecule has 3 nitrogen and oxygen atoms in total. The van der Waals surface area contributed by atoms with E-state index in [4.69, 9.17) is 9.47 Å². The van der Waals surface area contributed by atoms with Gasteiger partial charge in [0, 0.05) is 10.5 Å². The summed E-state index contributed by atoms with van der Waals surface area (Å²) in [6, 6.07) is 12.2. The molecule has 0 saturated carbocycles. The second-order valence-corrected chi connectivity index (χ2v) is 5.80. The van der Waals surface area contributed by atoms with E-state index in [1.165, 1.54) is 5.56 Å². The number of ether oxygens (including phenoxy) is 2. The molecule has 21 heavy (non-hydrogen) atoms. The molecule has 0 aliphatic rings. The van der Waals surface area contributed by atoms with Crippen LogP contribution in [0.15, 0.2) is 40.9 Å². The van der Waals surface area contributed by atoms with Crippen LogP contribution in [0.25, 0.3) is 0 Å². The van der Waals surface area contributed by atoms with Gasteiger partial charge in [0.15, 0.2) is 11.5 Å². The number of hydrogen-bond donors (Lipinski definition) is 1. The molecule has 0 bridgehead atoms. The molecule has 0 aliphatic heterocycles. The number of aryl methyl sites for hydroxylation is 1. The second kappa shape index (κ2) is 6.96. The molecule has 1 N–H and O–H groups in total. The predicted octanol–water partition coefficient (Wildman–Crippen LogP) is 4.84. The molecule has 2 rings (SSSR count). The second-order valence-electron chi connectivity index (χ2n) is 4.95. The summed E-state index contributed by atoms with van der Waals surface area (Å²) in [6.07, 6.45) is 0. The molecule has 1 atom stereocenters. The van der Waals surface area contributed by atoms with Gasteiger partial charge >= 0.3 is 0 Å². The Kier molecular flexibility index (Phi) is 5.26. The Balaban J connectivity index is 2.26. The predicted molar refractivity (Wildman–Crippen MR) is 89.4 cm³/mol. The highest BCUT2D eigenvalue weighted by atomic mass is 79.9. The van der Waals surface area contributed by atoms with E-state index in [0.717, 1.165) is 21.5 Å². The summed E-state index contributed by atoms with van der Waals surface area (Å²) in [7, 11) is 3.59. The molecule has 0 amide bonds. The third-order valence-corrected chi connectivity index (χ3v) is 4.11. The van der Waals surface area contributed by atoms with Gasteiger partial charge in [-0.3, -0.25) is 0 Å². The van der Waals surface area contributed by atoms with Crippen LogP contribution < -0.4 is 14.8 Å². The van der Waals surface area contributed by atoms with Crippen LogP contribution in [0.3, 0.4) is 0 Å². The van der Waals surface area contributed by atoms with Crippen molar-refractivity contribution in [1.82, 2.24) is 5.32 Å². The lowest BCUT2D eigenvalue weighted by molar-refractivity contribution is 0.378. The van der Waals surface area contributed by atoms with Gasteiger partial charge in [0.2, 0.25) is 0 Å². The summed E-state index contributed by atoms with van der Waals surface area (Å²) in [6.45, 7) is 4.14. The highest BCUT2D eigenvalue weighted by Gasteiger charge is 2.10. The molecule has 0 fully saturated rings. The third-order valence-electron chi connectivity index (χ3n) is 3.42. The van der Waals surface area contributed by atoms with Crippen molar-refractivity contribution >= 4 is 15.9 Å². The first-order valence-electron chi connectivity index (χ1n) is 6.84. The Hall–Kier alpha value is -1.52. The lowest BCUT2D eigenvalue weighted by Crippen LogP contribution is -2.12. The maximum absolute atomic E-state index is 5.93. The van der Waals surface area contributed by atoms with Crippen LogP contribution >= 0.6 is 15.9 Å². The molecular weight excluding hydrogens is 330 g/mol. The Bertz CT molecular complexity index is 628. The Labute approximate surface area is 134 Å². The number of rotatable bonds is 5. The summed E-state index contributed by atoms with van der Waals surface area (Å²) >= 11 is 3.60. The number of halogens is 1. The molecule has 0 aromatic heterocycles. The molecule has 2 aromatic carbocycles. The molecule has 0 aliphatic carbocycles. The van der Waals surface area contributed by atoms with Crippen LogP contribution in [0.1, 0.15) is 24.1 Å². The Morgan fingerprint density at radius 3 is 2.48 bits per heavy atom. The van der Waals surface area contributed by atoms with Gasteiger partial charge in [0.05, 0.1) is 7.11 Å².